The fraction of sp³-hybridized carbons (Fsp3) is 0.556. The minimum atomic E-state index is 0.181. The highest BCUT2D eigenvalue weighted by Crippen LogP contribution is 2.51. The van der Waals surface area contributed by atoms with Crippen LogP contribution in [0.1, 0.15) is 26.2 Å². The van der Waals surface area contributed by atoms with Crippen molar-refractivity contribution in [2.45, 2.75) is 38.3 Å². The van der Waals surface area contributed by atoms with Crippen molar-refractivity contribution in [3.05, 3.63) is 36.9 Å². The van der Waals surface area contributed by atoms with E-state index in [1.165, 1.54) is 0 Å². The summed E-state index contributed by atoms with van der Waals surface area (Å²) in [6.07, 6.45) is 8.90. The minimum Gasteiger partial charge on any atom is -0.381 e. The number of ether oxygens (including phenoxy) is 2. The standard InChI is InChI=1S/C18H24N4O2/c1-2-24-15-12-14(18(15)6-10-23-11-7-18)20-16-4-3-5-17(21-16)22-9-8-19-13-22/h3-5,8-9,13-15H,2,6-7,10-12H2,1H3,(H,20,21)/t14-,15-/m1/s1. The molecule has 0 radical (unpaired) electrons. The van der Waals surface area contributed by atoms with Crippen LogP contribution >= 0.6 is 0 Å². The van der Waals surface area contributed by atoms with Crippen LogP contribution in [-0.4, -0.2) is 46.5 Å². The predicted octanol–water partition coefficient (Wildman–Crippen LogP) is 2.65. The second-order valence-electron chi connectivity index (χ2n) is 6.57. The monoisotopic (exact) mass is 328 g/mol. The maximum Gasteiger partial charge on any atom is 0.140 e. The van der Waals surface area contributed by atoms with E-state index in [-0.39, 0.29) is 5.41 Å². The van der Waals surface area contributed by atoms with Gasteiger partial charge in [-0.2, -0.15) is 0 Å². The maximum absolute atomic E-state index is 5.99. The molecule has 24 heavy (non-hydrogen) atoms. The van der Waals surface area contributed by atoms with E-state index in [9.17, 15) is 0 Å². The van der Waals surface area contributed by atoms with Gasteiger partial charge in [-0.25, -0.2) is 9.97 Å². The van der Waals surface area contributed by atoms with Crippen LogP contribution in [0.2, 0.25) is 0 Å². The van der Waals surface area contributed by atoms with Gasteiger partial charge in [0.2, 0.25) is 0 Å². The van der Waals surface area contributed by atoms with Gasteiger partial charge in [-0.15, -0.1) is 0 Å². The van der Waals surface area contributed by atoms with Crippen molar-refractivity contribution < 1.29 is 9.47 Å². The zero-order valence-corrected chi connectivity index (χ0v) is 14.0. The Morgan fingerprint density at radius 1 is 1.38 bits per heavy atom. The first kappa shape index (κ1) is 15.6. The molecule has 1 aliphatic heterocycles. The van der Waals surface area contributed by atoms with E-state index in [2.05, 4.69) is 17.2 Å². The number of rotatable bonds is 5. The Bertz CT molecular complexity index is 667. The Morgan fingerprint density at radius 3 is 3.00 bits per heavy atom. The van der Waals surface area contributed by atoms with Gasteiger partial charge in [-0.3, -0.25) is 4.57 Å². The lowest BCUT2D eigenvalue weighted by atomic mass is 9.57. The molecular weight excluding hydrogens is 304 g/mol. The number of anilines is 1. The molecule has 2 aromatic heterocycles. The molecule has 2 aromatic rings. The van der Waals surface area contributed by atoms with E-state index < -0.39 is 0 Å². The van der Waals surface area contributed by atoms with Crippen LogP contribution < -0.4 is 5.32 Å². The SMILES string of the molecule is CCO[C@@H]1C[C@@H](Nc2cccc(-n3ccnc3)n2)C12CCOCC2. The van der Waals surface area contributed by atoms with Crippen LogP contribution in [0.3, 0.4) is 0 Å². The van der Waals surface area contributed by atoms with Gasteiger partial charge in [-0.1, -0.05) is 6.07 Å². The summed E-state index contributed by atoms with van der Waals surface area (Å²) in [5.74, 6) is 1.78. The van der Waals surface area contributed by atoms with Crippen molar-refractivity contribution >= 4 is 5.82 Å². The van der Waals surface area contributed by atoms with Gasteiger partial charge in [0.05, 0.1) is 6.10 Å². The second-order valence-corrected chi connectivity index (χ2v) is 6.57. The van der Waals surface area contributed by atoms with Crippen LogP contribution in [0.4, 0.5) is 5.82 Å². The largest absolute Gasteiger partial charge is 0.381 e. The zero-order chi connectivity index (χ0) is 16.4. The molecule has 2 atom stereocenters. The van der Waals surface area contributed by atoms with Crippen molar-refractivity contribution in [3.8, 4) is 5.82 Å². The highest BCUT2D eigenvalue weighted by molar-refractivity contribution is 5.42. The van der Waals surface area contributed by atoms with Crippen LogP contribution in [0, 0.1) is 5.41 Å². The Hall–Kier alpha value is -1.92. The molecule has 3 heterocycles. The van der Waals surface area contributed by atoms with Crippen LogP contribution in [-0.2, 0) is 9.47 Å². The molecule has 6 nitrogen and oxygen atoms in total. The number of hydrogen-bond acceptors (Lipinski definition) is 5. The first-order valence-electron chi connectivity index (χ1n) is 8.73. The second kappa shape index (κ2) is 6.53. The smallest absolute Gasteiger partial charge is 0.140 e. The quantitative estimate of drug-likeness (QED) is 0.914. The topological polar surface area (TPSA) is 61.2 Å². The molecule has 4 rings (SSSR count). The Labute approximate surface area is 142 Å². The molecule has 2 aliphatic rings. The van der Waals surface area contributed by atoms with Gasteiger partial charge in [0.1, 0.15) is 18.0 Å². The van der Waals surface area contributed by atoms with Gasteiger partial charge in [0.15, 0.2) is 0 Å². The highest BCUT2D eigenvalue weighted by atomic mass is 16.5. The zero-order valence-electron chi connectivity index (χ0n) is 14.0. The number of nitrogens with zero attached hydrogens (tertiary/aromatic N) is 3. The molecule has 1 spiro atoms. The third kappa shape index (κ3) is 2.70. The minimum absolute atomic E-state index is 0.181. The van der Waals surface area contributed by atoms with E-state index in [1.807, 2.05) is 29.0 Å². The molecule has 0 unspecified atom stereocenters. The first-order valence-corrected chi connectivity index (χ1v) is 8.73. The fourth-order valence-corrected chi connectivity index (χ4v) is 4.03. The molecule has 0 bridgehead atoms. The summed E-state index contributed by atoms with van der Waals surface area (Å²) in [5.41, 5.74) is 0.181. The van der Waals surface area contributed by atoms with Crippen LogP contribution in [0.15, 0.2) is 36.9 Å². The van der Waals surface area contributed by atoms with Gasteiger partial charge >= 0.3 is 0 Å². The summed E-state index contributed by atoms with van der Waals surface area (Å²) in [7, 11) is 0. The summed E-state index contributed by atoms with van der Waals surface area (Å²) in [5, 5.41) is 3.65. The van der Waals surface area contributed by atoms with E-state index in [0.29, 0.717) is 12.1 Å². The molecule has 2 fully saturated rings. The summed E-state index contributed by atoms with van der Waals surface area (Å²) in [6, 6.07) is 6.44. The summed E-state index contributed by atoms with van der Waals surface area (Å²) in [6.45, 7) is 4.49. The third-order valence-electron chi connectivity index (χ3n) is 5.40. The Balaban J connectivity index is 1.51. The lowest BCUT2D eigenvalue weighted by molar-refractivity contribution is -0.159. The molecule has 1 N–H and O–H groups in total. The van der Waals surface area contributed by atoms with E-state index in [1.54, 1.807) is 12.5 Å². The van der Waals surface area contributed by atoms with Crippen LogP contribution in [0.25, 0.3) is 5.82 Å². The predicted molar refractivity (Wildman–Crippen MR) is 91.3 cm³/mol. The molecular formula is C18H24N4O2. The molecule has 1 aliphatic carbocycles. The van der Waals surface area contributed by atoms with E-state index >= 15 is 0 Å². The van der Waals surface area contributed by atoms with Gasteiger partial charge in [0.25, 0.3) is 0 Å². The Kier molecular flexibility index (Phi) is 4.24. The van der Waals surface area contributed by atoms with Gasteiger partial charge < -0.3 is 14.8 Å². The average molecular weight is 328 g/mol. The number of hydrogen-bond donors (Lipinski definition) is 1. The first-order chi connectivity index (χ1) is 11.8. The fourth-order valence-electron chi connectivity index (χ4n) is 4.03. The average Bonchev–Trinajstić information content (AvgIpc) is 3.17. The third-order valence-corrected chi connectivity index (χ3v) is 5.40. The molecule has 0 amide bonds. The molecule has 0 aromatic carbocycles. The number of nitrogens with one attached hydrogen (secondary N) is 1. The van der Waals surface area contributed by atoms with Crippen LogP contribution in [0.5, 0.6) is 0 Å². The van der Waals surface area contributed by atoms with E-state index in [4.69, 9.17) is 14.5 Å². The summed E-state index contributed by atoms with van der Waals surface area (Å²) in [4.78, 5) is 8.81. The van der Waals surface area contributed by atoms with Crippen molar-refractivity contribution in [1.29, 1.82) is 0 Å². The maximum atomic E-state index is 5.99. The summed E-state index contributed by atoms with van der Waals surface area (Å²) >= 11 is 0. The molecule has 1 saturated carbocycles. The number of aromatic nitrogens is 3. The van der Waals surface area contributed by atoms with Gasteiger partial charge in [-0.05, 0) is 38.3 Å². The number of imidazole rings is 1. The van der Waals surface area contributed by atoms with E-state index in [0.717, 1.165) is 50.7 Å². The van der Waals surface area contributed by atoms with Crippen molar-refractivity contribution in [2.24, 2.45) is 5.41 Å². The molecule has 6 heteroatoms. The lowest BCUT2D eigenvalue weighted by Crippen LogP contribution is -2.63. The summed E-state index contributed by atoms with van der Waals surface area (Å²) < 4.78 is 13.5. The number of pyridine rings is 1. The van der Waals surface area contributed by atoms with Crippen molar-refractivity contribution in [3.63, 3.8) is 0 Å². The van der Waals surface area contributed by atoms with Crippen molar-refractivity contribution in [2.75, 3.05) is 25.1 Å². The molecule has 128 valence electrons. The molecule has 1 saturated heterocycles. The Morgan fingerprint density at radius 2 is 2.25 bits per heavy atom. The van der Waals surface area contributed by atoms with Gasteiger partial charge in [0, 0.05) is 43.7 Å². The lowest BCUT2D eigenvalue weighted by Gasteiger charge is -2.57. The normalized spacial score (nSPS) is 25.4. The highest BCUT2D eigenvalue weighted by Gasteiger charge is 2.56. The van der Waals surface area contributed by atoms with Crippen molar-refractivity contribution in [1.82, 2.24) is 14.5 Å².